The number of hydrogen-bond acceptors (Lipinski definition) is 5. The van der Waals surface area contributed by atoms with Gasteiger partial charge in [0.25, 0.3) is 0 Å². The highest BCUT2D eigenvalue weighted by atomic mass is 16.5. The van der Waals surface area contributed by atoms with E-state index in [-0.39, 0.29) is 18.0 Å². The quantitative estimate of drug-likeness (QED) is 0.506. The molecule has 0 aromatic rings. The largest absolute Gasteiger partial charge is 0.466 e. The minimum Gasteiger partial charge on any atom is -0.466 e. The molecule has 0 spiro atoms. The van der Waals surface area contributed by atoms with E-state index in [1.54, 1.807) is 0 Å². The maximum Gasteiger partial charge on any atom is 0.302 e. The third kappa shape index (κ3) is 38.6. The monoisotopic (exact) mass is 334 g/mol. The van der Waals surface area contributed by atoms with E-state index in [9.17, 15) is 9.59 Å². The molecule has 0 saturated heterocycles. The molecule has 0 saturated carbocycles. The zero-order valence-electron chi connectivity index (χ0n) is 16.6. The van der Waals surface area contributed by atoms with Crippen molar-refractivity contribution in [2.75, 3.05) is 6.61 Å². The van der Waals surface area contributed by atoms with Crippen LogP contribution in [0.1, 0.15) is 81.6 Å². The van der Waals surface area contributed by atoms with Crippen molar-refractivity contribution in [3.05, 3.63) is 0 Å². The van der Waals surface area contributed by atoms with Crippen molar-refractivity contribution in [2.24, 2.45) is 0 Å². The van der Waals surface area contributed by atoms with Crippen molar-refractivity contribution in [3.8, 4) is 0 Å². The zero-order valence-corrected chi connectivity index (χ0v) is 16.6. The van der Waals surface area contributed by atoms with Gasteiger partial charge >= 0.3 is 11.9 Å². The van der Waals surface area contributed by atoms with Gasteiger partial charge in [-0.25, -0.2) is 0 Å². The molecule has 0 aromatic heterocycles. The number of ether oxygens (including phenoxy) is 3. The third-order valence-electron chi connectivity index (χ3n) is 2.29. The van der Waals surface area contributed by atoms with Gasteiger partial charge in [-0.3, -0.25) is 9.59 Å². The number of carbonyl (C=O) groups is 2. The first-order valence-corrected chi connectivity index (χ1v) is 8.52. The van der Waals surface area contributed by atoms with Crippen LogP contribution in [-0.4, -0.2) is 36.9 Å². The summed E-state index contributed by atoms with van der Waals surface area (Å²) in [4.78, 5) is 20.3. The SMILES string of the molecule is CC(C)OC(C)C.CCC(C)OC(C)=O.CCCCOC(C)=O. The van der Waals surface area contributed by atoms with E-state index in [4.69, 9.17) is 9.47 Å². The van der Waals surface area contributed by atoms with Crippen LogP contribution in [-0.2, 0) is 23.8 Å². The molecule has 0 fully saturated rings. The van der Waals surface area contributed by atoms with Crippen LogP contribution < -0.4 is 0 Å². The predicted octanol–water partition coefficient (Wildman–Crippen LogP) is 4.52. The van der Waals surface area contributed by atoms with Gasteiger partial charge in [0.2, 0.25) is 0 Å². The molecule has 0 amide bonds. The van der Waals surface area contributed by atoms with E-state index in [2.05, 4.69) is 11.7 Å². The van der Waals surface area contributed by atoms with Crippen LogP contribution >= 0.6 is 0 Å². The summed E-state index contributed by atoms with van der Waals surface area (Å²) >= 11 is 0. The first-order valence-electron chi connectivity index (χ1n) is 8.52. The normalized spacial score (nSPS) is 10.9. The second-order valence-corrected chi connectivity index (χ2v) is 5.76. The molecule has 0 aromatic carbocycles. The van der Waals surface area contributed by atoms with Crippen LogP contribution in [0.5, 0.6) is 0 Å². The molecule has 23 heavy (non-hydrogen) atoms. The first-order chi connectivity index (χ1) is 10.6. The lowest BCUT2D eigenvalue weighted by Crippen LogP contribution is -2.09. The molecule has 140 valence electrons. The Morgan fingerprint density at radius 3 is 1.52 bits per heavy atom. The molecule has 0 heterocycles. The molecule has 0 bridgehead atoms. The van der Waals surface area contributed by atoms with Crippen LogP contribution in [0.3, 0.4) is 0 Å². The summed E-state index contributed by atoms with van der Waals surface area (Å²) in [6.07, 6.45) is 3.76. The standard InChI is InChI=1S/2C6H12O2.C6H14O/c1-4-5(2)8-6(3)7;1-3-4-5-8-6(2)7;1-5(2)7-6(3)4/h5H,4H2,1-3H3;3-5H2,1-2H3;5-6H,1-4H3. The van der Waals surface area contributed by atoms with Crippen LogP contribution in [0.15, 0.2) is 0 Å². The molecular weight excluding hydrogens is 296 g/mol. The van der Waals surface area contributed by atoms with Crippen molar-refractivity contribution < 1.29 is 23.8 Å². The average molecular weight is 334 g/mol. The fourth-order valence-corrected chi connectivity index (χ4v) is 1.27. The Labute approximate surface area is 143 Å². The van der Waals surface area contributed by atoms with Crippen molar-refractivity contribution in [2.45, 2.75) is 99.9 Å². The summed E-state index contributed by atoms with van der Waals surface area (Å²) < 4.78 is 14.7. The first kappa shape index (κ1) is 26.8. The Balaban J connectivity index is -0.000000262. The number of esters is 2. The summed E-state index contributed by atoms with van der Waals surface area (Å²) in [6, 6.07) is 0. The zero-order chi connectivity index (χ0) is 18.8. The maximum atomic E-state index is 10.2. The molecular formula is C18H38O5. The van der Waals surface area contributed by atoms with Gasteiger partial charge in [-0.05, 0) is 47.5 Å². The van der Waals surface area contributed by atoms with Crippen LogP contribution in [0.4, 0.5) is 0 Å². The number of rotatable bonds is 7. The Morgan fingerprint density at radius 1 is 0.870 bits per heavy atom. The Morgan fingerprint density at radius 2 is 1.35 bits per heavy atom. The molecule has 0 radical (unpaired) electrons. The number of hydrogen-bond donors (Lipinski definition) is 0. The summed E-state index contributed by atoms with van der Waals surface area (Å²) in [5.74, 6) is -0.377. The second kappa shape index (κ2) is 18.9. The van der Waals surface area contributed by atoms with Gasteiger partial charge < -0.3 is 14.2 Å². The molecule has 5 nitrogen and oxygen atoms in total. The van der Waals surface area contributed by atoms with Gasteiger partial charge in [0.15, 0.2) is 0 Å². The summed E-state index contributed by atoms with van der Waals surface area (Å²) in [5.41, 5.74) is 0. The summed E-state index contributed by atoms with van der Waals surface area (Å²) in [7, 11) is 0. The smallest absolute Gasteiger partial charge is 0.302 e. The van der Waals surface area contributed by atoms with Crippen molar-refractivity contribution in [3.63, 3.8) is 0 Å². The molecule has 1 unspecified atom stereocenters. The van der Waals surface area contributed by atoms with Gasteiger partial charge in [0.1, 0.15) is 0 Å². The highest BCUT2D eigenvalue weighted by Crippen LogP contribution is 1.94. The average Bonchev–Trinajstić information content (AvgIpc) is 2.37. The maximum absolute atomic E-state index is 10.2. The minimum atomic E-state index is -0.195. The molecule has 0 aliphatic heterocycles. The highest BCUT2D eigenvalue weighted by Gasteiger charge is 1.99. The lowest BCUT2D eigenvalue weighted by atomic mass is 10.3. The number of unbranched alkanes of at least 4 members (excludes halogenated alkanes) is 1. The van der Waals surface area contributed by atoms with Crippen LogP contribution in [0.2, 0.25) is 0 Å². The predicted molar refractivity (Wildman–Crippen MR) is 94.4 cm³/mol. The van der Waals surface area contributed by atoms with Crippen molar-refractivity contribution >= 4 is 11.9 Å². The summed E-state index contributed by atoms with van der Waals surface area (Å²) in [5, 5.41) is 0. The van der Waals surface area contributed by atoms with E-state index >= 15 is 0 Å². The molecule has 1 atom stereocenters. The van der Waals surface area contributed by atoms with E-state index < -0.39 is 0 Å². The van der Waals surface area contributed by atoms with Gasteiger partial charge in [-0.2, -0.15) is 0 Å². The number of carbonyl (C=O) groups excluding carboxylic acids is 2. The molecule has 0 N–H and O–H groups in total. The lowest BCUT2D eigenvalue weighted by molar-refractivity contribution is -0.145. The Bertz CT molecular complexity index is 269. The van der Waals surface area contributed by atoms with Crippen LogP contribution in [0, 0.1) is 0 Å². The minimum absolute atomic E-state index is 0.0764. The Hall–Kier alpha value is -1.10. The second-order valence-electron chi connectivity index (χ2n) is 5.76. The lowest BCUT2D eigenvalue weighted by Gasteiger charge is -2.09. The van der Waals surface area contributed by atoms with Gasteiger partial charge in [0, 0.05) is 13.8 Å². The molecule has 0 aliphatic carbocycles. The van der Waals surface area contributed by atoms with Gasteiger partial charge in [-0.15, -0.1) is 0 Å². The van der Waals surface area contributed by atoms with Crippen LogP contribution in [0.25, 0.3) is 0 Å². The van der Waals surface area contributed by atoms with Gasteiger partial charge in [-0.1, -0.05) is 20.3 Å². The molecule has 0 aliphatic rings. The van der Waals surface area contributed by atoms with Crippen molar-refractivity contribution in [1.82, 2.24) is 0 Å². The molecule has 0 rings (SSSR count). The topological polar surface area (TPSA) is 61.8 Å². The fourth-order valence-electron chi connectivity index (χ4n) is 1.27. The van der Waals surface area contributed by atoms with E-state index in [1.165, 1.54) is 13.8 Å². The summed E-state index contributed by atoms with van der Waals surface area (Å²) in [6.45, 7) is 17.5. The van der Waals surface area contributed by atoms with E-state index in [1.807, 2.05) is 41.5 Å². The van der Waals surface area contributed by atoms with Gasteiger partial charge in [0.05, 0.1) is 24.9 Å². The highest BCUT2D eigenvalue weighted by molar-refractivity contribution is 5.66. The van der Waals surface area contributed by atoms with E-state index in [0.29, 0.717) is 18.8 Å². The third-order valence-corrected chi connectivity index (χ3v) is 2.29. The van der Waals surface area contributed by atoms with E-state index in [0.717, 1.165) is 19.3 Å². The van der Waals surface area contributed by atoms with Crippen molar-refractivity contribution in [1.29, 1.82) is 0 Å². The molecule has 5 heteroatoms. The Kier molecular flexibility index (Phi) is 22.1. The fraction of sp³-hybridized carbons (Fsp3) is 0.889.